The van der Waals surface area contributed by atoms with Crippen LogP contribution in [0.2, 0.25) is 0 Å². The smallest absolute Gasteiger partial charge is 0.222 e. The second kappa shape index (κ2) is 16.8. The molecule has 0 heterocycles. The predicted molar refractivity (Wildman–Crippen MR) is 148 cm³/mol. The van der Waals surface area contributed by atoms with Gasteiger partial charge in [-0.1, -0.05) is 38.1 Å². The fourth-order valence-corrected chi connectivity index (χ4v) is 4.40. The molecule has 0 aliphatic heterocycles. The Kier molecular flexibility index (Phi) is 13.8. The van der Waals surface area contributed by atoms with E-state index in [1.807, 2.05) is 43.0 Å². The van der Waals surface area contributed by atoms with Gasteiger partial charge in [-0.05, 0) is 67.5 Å². The lowest BCUT2D eigenvalue weighted by Crippen LogP contribution is -2.48. The SMILES string of the molecule is CCCN(CCC)C(=O)CCCC(=O)N[C@@H](Cc1ccc(F)c(C)c1)[C@H](O)CNCc1cccc(OC)c1. The summed E-state index contributed by atoms with van der Waals surface area (Å²) in [5, 5.41) is 17.2. The summed E-state index contributed by atoms with van der Waals surface area (Å²) in [6.07, 6.45) is 2.25. The van der Waals surface area contributed by atoms with Crippen LogP contribution in [0.25, 0.3) is 0 Å². The topological polar surface area (TPSA) is 90.9 Å². The van der Waals surface area contributed by atoms with E-state index in [1.165, 1.54) is 6.07 Å². The summed E-state index contributed by atoms with van der Waals surface area (Å²) in [6, 6.07) is 11.9. The second-order valence-electron chi connectivity index (χ2n) is 9.75. The van der Waals surface area contributed by atoms with Gasteiger partial charge in [0.05, 0.1) is 19.3 Å². The Morgan fingerprint density at radius 1 is 1.05 bits per heavy atom. The van der Waals surface area contributed by atoms with Gasteiger partial charge in [-0.3, -0.25) is 9.59 Å². The molecule has 0 spiro atoms. The normalized spacial score (nSPS) is 12.6. The van der Waals surface area contributed by atoms with E-state index in [0.717, 1.165) is 42.8 Å². The number of aliphatic hydroxyl groups is 1. The van der Waals surface area contributed by atoms with Gasteiger partial charge in [-0.2, -0.15) is 0 Å². The molecule has 0 fully saturated rings. The van der Waals surface area contributed by atoms with Gasteiger partial charge in [-0.25, -0.2) is 4.39 Å². The van der Waals surface area contributed by atoms with Crippen LogP contribution >= 0.6 is 0 Å². The van der Waals surface area contributed by atoms with Gasteiger partial charge < -0.3 is 25.4 Å². The van der Waals surface area contributed by atoms with Crippen molar-refractivity contribution in [3.05, 3.63) is 65.0 Å². The third-order valence-electron chi connectivity index (χ3n) is 6.44. The quantitative estimate of drug-likeness (QED) is 0.287. The van der Waals surface area contributed by atoms with E-state index in [0.29, 0.717) is 31.4 Å². The van der Waals surface area contributed by atoms with Gasteiger partial charge in [0.1, 0.15) is 11.6 Å². The first-order valence-electron chi connectivity index (χ1n) is 13.6. The monoisotopic (exact) mass is 529 g/mol. The minimum atomic E-state index is -0.874. The number of amides is 2. The molecule has 0 saturated carbocycles. The Bertz CT molecular complexity index is 1010. The average molecular weight is 530 g/mol. The third kappa shape index (κ3) is 10.8. The fourth-order valence-electron chi connectivity index (χ4n) is 4.40. The number of aryl methyl sites for hydroxylation is 1. The number of hydrogen-bond donors (Lipinski definition) is 3. The third-order valence-corrected chi connectivity index (χ3v) is 6.44. The van der Waals surface area contributed by atoms with Crippen molar-refractivity contribution in [3.63, 3.8) is 0 Å². The van der Waals surface area contributed by atoms with E-state index in [4.69, 9.17) is 4.74 Å². The number of benzene rings is 2. The highest BCUT2D eigenvalue weighted by Crippen LogP contribution is 2.14. The highest BCUT2D eigenvalue weighted by atomic mass is 19.1. The number of nitrogens with one attached hydrogen (secondary N) is 2. The standard InChI is InChI=1S/C30H44FN3O4/c1-5-15-34(16-6-2)30(37)12-8-11-29(36)33-27(19-23-13-14-26(31)22(3)17-23)28(35)21-32-20-24-9-7-10-25(18-24)38-4/h7,9-10,13-14,17-18,27-28,32,35H,5-6,8,11-12,15-16,19-21H2,1-4H3,(H,33,36)/t27-,28+/m0/s1. The van der Waals surface area contributed by atoms with E-state index in [1.54, 1.807) is 26.2 Å². The van der Waals surface area contributed by atoms with E-state index in [-0.39, 0.29) is 30.6 Å². The molecule has 0 radical (unpaired) electrons. The van der Waals surface area contributed by atoms with Crippen LogP contribution in [-0.4, -0.2) is 60.7 Å². The molecule has 0 bridgehead atoms. The van der Waals surface area contributed by atoms with Crippen molar-refractivity contribution in [2.24, 2.45) is 0 Å². The van der Waals surface area contributed by atoms with Crippen molar-refractivity contribution in [2.45, 2.75) is 78.0 Å². The van der Waals surface area contributed by atoms with Crippen LogP contribution in [0.15, 0.2) is 42.5 Å². The molecule has 2 atom stereocenters. The Hall–Kier alpha value is -2.97. The molecule has 2 amide bonds. The predicted octanol–water partition coefficient (Wildman–Crippen LogP) is 4.14. The van der Waals surface area contributed by atoms with Gasteiger partial charge in [-0.15, -0.1) is 0 Å². The minimum absolute atomic E-state index is 0.0709. The summed E-state index contributed by atoms with van der Waals surface area (Å²) < 4.78 is 19.0. The molecule has 0 aromatic heterocycles. The van der Waals surface area contributed by atoms with Crippen molar-refractivity contribution in [1.29, 1.82) is 0 Å². The zero-order valence-electron chi connectivity index (χ0n) is 23.3. The summed E-state index contributed by atoms with van der Waals surface area (Å²) in [5.74, 6) is 0.319. The minimum Gasteiger partial charge on any atom is -0.497 e. The van der Waals surface area contributed by atoms with Crippen molar-refractivity contribution in [1.82, 2.24) is 15.5 Å². The molecule has 0 aliphatic rings. The molecule has 0 aliphatic carbocycles. The first-order valence-corrected chi connectivity index (χ1v) is 13.6. The Labute approximate surface area is 226 Å². The average Bonchev–Trinajstić information content (AvgIpc) is 2.90. The summed E-state index contributed by atoms with van der Waals surface area (Å²) in [7, 11) is 1.61. The molecule has 3 N–H and O–H groups in total. The van der Waals surface area contributed by atoms with Gasteiger partial charge in [0.2, 0.25) is 11.8 Å². The van der Waals surface area contributed by atoms with Gasteiger partial charge in [0.15, 0.2) is 0 Å². The number of methoxy groups -OCH3 is 1. The molecular weight excluding hydrogens is 485 g/mol. The number of carbonyl (C=O) groups is 2. The van der Waals surface area contributed by atoms with Crippen molar-refractivity contribution in [3.8, 4) is 5.75 Å². The molecule has 2 aromatic rings. The van der Waals surface area contributed by atoms with Crippen LogP contribution in [0.4, 0.5) is 4.39 Å². The van der Waals surface area contributed by atoms with Crippen LogP contribution in [0.3, 0.4) is 0 Å². The largest absolute Gasteiger partial charge is 0.497 e. The van der Waals surface area contributed by atoms with Gasteiger partial charge in [0.25, 0.3) is 0 Å². The molecule has 0 unspecified atom stereocenters. The van der Waals surface area contributed by atoms with E-state index >= 15 is 0 Å². The Morgan fingerprint density at radius 2 is 1.79 bits per heavy atom. The molecule has 8 heteroatoms. The van der Waals surface area contributed by atoms with Gasteiger partial charge >= 0.3 is 0 Å². The van der Waals surface area contributed by atoms with Crippen molar-refractivity contribution in [2.75, 3.05) is 26.7 Å². The van der Waals surface area contributed by atoms with Crippen molar-refractivity contribution >= 4 is 11.8 Å². The number of nitrogens with zero attached hydrogens (tertiary/aromatic N) is 1. The number of rotatable bonds is 17. The summed E-state index contributed by atoms with van der Waals surface area (Å²) >= 11 is 0. The van der Waals surface area contributed by atoms with Gasteiger partial charge in [0, 0.05) is 39.0 Å². The molecule has 0 saturated heterocycles. The second-order valence-corrected chi connectivity index (χ2v) is 9.75. The van der Waals surface area contributed by atoms with Crippen LogP contribution in [0.5, 0.6) is 5.75 Å². The number of hydrogen-bond acceptors (Lipinski definition) is 5. The zero-order chi connectivity index (χ0) is 27.9. The summed E-state index contributed by atoms with van der Waals surface area (Å²) in [4.78, 5) is 27.2. The highest BCUT2D eigenvalue weighted by Gasteiger charge is 2.22. The first-order chi connectivity index (χ1) is 18.3. The zero-order valence-corrected chi connectivity index (χ0v) is 23.3. The van der Waals surface area contributed by atoms with E-state index in [2.05, 4.69) is 10.6 Å². The number of aliphatic hydroxyl groups excluding tert-OH is 1. The summed E-state index contributed by atoms with van der Waals surface area (Å²) in [5.41, 5.74) is 2.35. The molecule has 2 aromatic carbocycles. The van der Waals surface area contributed by atoms with E-state index in [9.17, 15) is 19.1 Å². The maximum Gasteiger partial charge on any atom is 0.222 e. The molecular formula is C30H44FN3O4. The van der Waals surface area contributed by atoms with Crippen LogP contribution in [-0.2, 0) is 22.6 Å². The van der Waals surface area contributed by atoms with Crippen LogP contribution in [0.1, 0.15) is 62.6 Å². The molecule has 7 nitrogen and oxygen atoms in total. The number of ether oxygens (including phenoxy) is 1. The lowest BCUT2D eigenvalue weighted by Gasteiger charge is -2.25. The molecule has 2 rings (SSSR count). The first kappa shape index (κ1) is 31.2. The fraction of sp³-hybridized carbons (Fsp3) is 0.533. The Balaban J connectivity index is 1.97. The molecule has 38 heavy (non-hydrogen) atoms. The maximum absolute atomic E-state index is 13.8. The number of carbonyl (C=O) groups excluding carboxylic acids is 2. The highest BCUT2D eigenvalue weighted by molar-refractivity contribution is 5.79. The number of halogens is 1. The molecule has 210 valence electrons. The summed E-state index contributed by atoms with van der Waals surface area (Å²) in [6.45, 7) is 8.02. The van der Waals surface area contributed by atoms with E-state index < -0.39 is 12.1 Å². The lowest BCUT2D eigenvalue weighted by molar-refractivity contribution is -0.131. The maximum atomic E-state index is 13.8. The Morgan fingerprint density at radius 3 is 2.45 bits per heavy atom. The van der Waals surface area contributed by atoms with Crippen LogP contribution < -0.4 is 15.4 Å². The van der Waals surface area contributed by atoms with Crippen molar-refractivity contribution < 1.29 is 23.8 Å². The lowest BCUT2D eigenvalue weighted by atomic mass is 9.99. The van der Waals surface area contributed by atoms with Crippen LogP contribution in [0, 0.1) is 12.7 Å².